The molecule has 0 spiro atoms. The first-order chi connectivity index (χ1) is 13.8. The topological polar surface area (TPSA) is 91.5 Å². The molecule has 0 radical (unpaired) electrons. The van der Waals surface area contributed by atoms with Crippen LogP contribution < -0.4 is 21.4 Å². The second-order valence-electron chi connectivity index (χ2n) is 6.06. The summed E-state index contributed by atoms with van der Waals surface area (Å²) in [4.78, 5) is 28.1. The van der Waals surface area contributed by atoms with Crippen LogP contribution in [0.2, 0.25) is 0 Å². The molecule has 0 heterocycles. The molecule has 2 rings (SSSR count). The number of aryl methyl sites for hydroxylation is 1. The van der Waals surface area contributed by atoms with Gasteiger partial charge in [-0.1, -0.05) is 6.07 Å². The third-order valence-corrected chi connectivity index (χ3v) is 3.98. The molecule has 0 unspecified atom stereocenters. The summed E-state index contributed by atoms with van der Waals surface area (Å²) in [7, 11) is 2.74. The lowest BCUT2D eigenvalue weighted by molar-refractivity contribution is -0.128. The summed E-state index contributed by atoms with van der Waals surface area (Å²) < 4.78 is 43.4. The van der Waals surface area contributed by atoms with Gasteiger partial charge in [0.15, 0.2) is 11.6 Å². The Morgan fingerprint density at radius 2 is 1.76 bits per heavy atom. The SMILES string of the molecule is CNC(=O)CONCc1cc(C(=O)NC)c(Nc2ccc(C)cc2F)c(F)c1F. The van der Waals surface area contributed by atoms with Crippen molar-refractivity contribution < 1.29 is 27.6 Å². The van der Waals surface area contributed by atoms with Crippen LogP contribution in [0.25, 0.3) is 0 Å². The average Bonchev–Trinajstić information content (AvgIpc) is 2.70. The van der Waals surface area contributed by atoms with Crippen LogP contribution in [0.3, 0.4) is 0 Å². The summed E-state index contributed by atoms with van der Waals surface area (Å²) >= 11 is 0. The van der Waals surface area contributed by atoms with Gasteiger partial charge in [0.05, 0.1) is 16.9 Å². The molecule has 0 saturated carbocycles. The van der Waals surface area contributed by atoms with Gasteiger partial charge in [0.25, 0.3) is 5.91 Å². The number of carbonyl (C=O) groups is 2. The predicted octanol–water partition coefficient (Wildman–Crippen LogP) is 2.28. The van der Waals surface area contributed by atoms with Gasteiger partial charge in [-0.05, 0) is 30.7 Å². The third-order valence-electron chi connectivity index (χ3n) is 3.98. The van der Waals surface area contributed by atoms with Crippen molar-refractivity contribution in [3.63, 3.8) is 0 Å². The second kappa shape index (κ2) is 9.89. The van der Waals surface area contributed by atoms with Gasteiger partial charge >= 0.3 is 0 Å². The molecule has 0 aliphatic rings. The smallest absolute Gasteiger partial charge is 0.253 e. The number of halogens is 3. The maximum atomic E-state index is 14.7. The highest BCUT2D eigenvalue weighted by Crippen LogP contribution is 2.30. The highest BCUT2D eigenvalue weighted by atomic mass is 19.2. The van der Waals surface area contributed by atoms with E-state index < -0.39 is 35.0 Å². The molecular formula is C19H21F3N4O3. The number of amides is 2. The van der Waals surface area contributed by atoms with E-state index in [1.807, 2.05) is 0 Å². The Balaban J connectivity index is 2.34. The van der Waals surface area contributed by atoms with Crippen LogP contribution in [0.4, 0.5) is 24.5 Å². The average molecular weight is 410 g/mol. The highest BCUT2D eigenvalue weighted by Gasteiger charge is 2.23. The van der Waals surface area contributed by atoms with Crippen molar-refractivity contribution in [3.8, 4) is 0 Å². The minimum Gasteiger partial charge on any atom is -0.357 e. The lowest BCUT2D eigenvalue weighted by Gasteiger charge is -2.16. The molecule has 2 aromatic carbocycles. The summed E-state index contributed by atoms with van der Waals surface area (Å²) in [5.74, 6) is -4.40. The molecule has 2 amide bonds. The molecule has 0 aliphatic heterocycles. The molecule has 7 nitrogen and oxygen atoms in total. The van der Waals surface area contributed by atoms with E-state index in [2.05, 4.69) is 21.4 Å². The fourth-order valence-corrected chi connectivity index (χ4v) is 2.42. The minimum absolute atomic E-state index is 0.112. The first-order valence-electron chi connectivity index (χ1n) is 8.59. The molecule has 0 aromatic heterocycles. The van der Waals surface area contributed by atoms with Gasteiger partial charge in [-0.15, -0.1) is 0 Å². The van der Waals surface area contributed by atoms with E-state index in [4.69, 9.17) is 4.84 Å². The van der Waals surface area contributed by atoms with Gasteiger partial charge in [0.2, 0.25) is 5.91 Å². The first kappa shape index (κ1) is 22.2. The van der Waals surface area contributed by atoms with Crippen molar-refractivity contribution in [1.29, 1.82) is 0 Å². The van der Waals surface area contributed by atoms with Gasteiger partial charge in [0, 0.05) is 26.2 Å². The van der Waals surface area contributed by atoms with Gasteiger partial charge < -0.3 is 16.0 Å². The van der Waals surface area contributed by atoms with E-state index in [0.717, 1.165) is 6.07 Å². The van der Waals surface area contributed by atoms with Crippen LogP contribution in [0.5, 0.6) is 0 Å². The van der Waals surface area contributed by atoms with E-state index in [9.17, 15) is 22.8 Å². The number of benzene rings is 2. The summed E-state index contributed by atoms with van der Waals surface area (Å²) in [6.45, 7) is 1.02. The van der Waals surface area contributed by atoms with Gasteiger partial charge in [-0.25, -0.2) is 13.2 Å². The van der Waals surface area contributed by atoms with Crippen molar-refractivity contribution in [2.45, 2.75) is 13.5 Å². The van der Waals surface area contributed by atoms with Crippen LogP contribution in [0.1, 0.15) is 21.5 Å². The molecule has 2 aromatic rings. The Labute approximate surface area is 165 Å². The standard InChI is InChI=1S/C19H21F3N4O3/c1-10-4-5-14(13(20)6-10)26-18-12(19(28)24-3)7-11(16(21)17(18)22)8-25-29-9-15(27)23-2/h4-7,25-26H,8-9H2,1-3H3,(H,23,27)(H,24,28). The Bertz CT molecular complexity index is 922. The zero-order valence-corrected chi connectivity index (χ0v) is 16.1. The Morgan fingerprint density at radius 3 is 2.38 bits per heavy atom. The van der Waals surface area contributed by atoms with Crippen LogP contribution in [-0.4, -0.2) is 32.5 Å². The van der Waals surface area contributed by atoms with Crippen LogP contribution in [-0.2, 0) is 16.2 Å². The van der Waals surface area contributed by atoms with Crippen molar-refractivity contribution in [2.24, 2.45) is 0 Å². The Kier molecular flexibility index (Phi) is 7.57. The molecule has 0 bridgehead atoms. The third kappa shape index (κ3) is 5.46. The number of hydrogen-bond donors (Lipinski definition) is 4. The second-order valence-corrected chi connectivity index (χ2v) is 6.06. The summed E-state index contributed by atoms with van der Waals surface area (Å²) in [5.41, 5.74) is 1.91. The number of nitrogens with one attached hydrogen (secondary N) is 4. The van der Waals surface area contributed by atoms with E-state index in [-0.39, 0.29) is 30.0 Å². The van der Waals surface area contributed by atoms with Crippen LogP contribution in [0.15, 0.2) is 24.3 Å². The number of rotatable bonds is 8. The van der Waals surface area contributed by atoms with Gasteiger partial charge in [0.1, 0.15) is 12.4 Å². The lowest BCUT2D eigenvalue weighted by atomic mass is 10.1. The predicted molar refractivity (Wildman–Crippen MR) is 101 cm³/mol. The van der Waals surface area contributed by atoms with E-state index in [1.54, 1.807) is 13.0 Å². The van der Waals surface area contributed by atoms with E-state index >= 15 is 0 Å². The fourth-order valence-electron chi connectivity index (χ4n) is 2.42. The molecule has 10 heteroatoms. The lowest BCUT2D eigenvalue weighted by Crippen LogP contribution is -2.28. The van der Waals surface area contributed by atoms with Crippen molar-refractivity contribution in [2.75, 3.05) is 26.0 Å². The van der Waals surface area contributed by atoms with Crippen molar-refractivity contribution >= 4 is 23.2 Å². The summed E-state index contributed by atoms with van der Waals surface area (Å²) in [6, 6.07) is 5.28. The zero-order chi connectivity index (χ0) is 21.6. The molecule has 156 valence electrons. The van der Waals surface area contributed by atoms with E-state index in [1.165, 1.54) is 26.2 Å². The number of likely N-dealkylation sites (N-methyl/N-ethyl adjacent to an activating group) is 1. The zero-order valence-electron chi connectivity index (χ0n) is 16.1. The summed E-state index contributed by atoms with van der Waals surface area (Å²) in [5, 5.41) is 7.11. The molecule has 29 heavy (non-hydrogen) atoms. The largest absolute Gasteiger partial charge is 0.357 e. The number of anilines is 2. The fraction of sp³-hybridized carbons (Fsp3) is 0.263. The maximum absolute atomic E-state index is 14.7. The maximum Gasteiger partial charge on any atom is 0.253 e. The van der Waals surface area contributed by atoms with Gasteiger partial charge in [-0.3, -0.25) is 14.4 Å². The molecule has 4 N–H and O–H groups in total. The molecule has 0 saturated heterocycles. The highest BCUT2D eigenvalue weighted by molar-refractivity contribution is 6.00. The van der Waals surface area contributed by atoms with Gasteiger partial charge in [-0.2, -0.15) is 5.48 Å². The first-order valence-corrected chi connectivity index (χ1v) is 8.59. The number of hydroxylamine groups is 1. The summed E-state index contributed by atoms with van der Waals surface area (Å²) in [6.07, 6.45) is 0. The number of carbonyl (C=O) groups excluding carboxylic acids is 2. The van der Waals surface area contributed by atoms with Crippen molar-refractivity contribution in [1.82, 2.24) is 16.1 Å². The molecule has 0 aliphatic carbocycles. The number of hydrogen-bond acceptors (Lipinski definition) is 5. The van der Waals surface area contributed by atoms with Crippen LogP contribution in [0, 0.1) is 24.4 Å². The minimum atomic E-state index is -1.35. The van der Waals surface area contributed by atoms with Crippen molar-refractivity contribution in [3.05, 3.63) is 58.4 Å². The normalized spacial score (nSPS) is 10.6. The quantitative estimate of drug-likeness (QED) is 0.396. The Morgan fingerprint density at radius 1 is 1.03 bits per heavy atom. The monoisotopic (exact) mass is 410 g/mol. The molecule has 0 fully saturated rings. The Hall–Kier alpha value is -3.11. The molecule has 0 atom stereocenters. The van der Waals surface area contributed by atoms with Crippen LogP contribution >= 0.6 is 0 Å². The molecular weight excluding hydrogens is 389 g/mol. The van der Waals surface area contributed by atoms with E-state index in [0.29, 0.717) is 5.56 Å².